The molecule has 0 saturated carbocycles. The number of likely N-dealkylation sites (tertiary alicyclic amines) is 1. The molecule has 26 heavy (non-hydrogen) atoms. The van der Waals surface area contributed by atoms with Crippen molar-refractivity contribution >= 4 is 5.91 Å². The molecule has 1 atom stereocenters. The van der Waals surface area contributed by atoms with Crippen molar-refractivity contribution in [1.82, 2.24) is 20.0 Å². The van der Waals surface area contributed by atoms with E-state index in [1.807, 2.05) is 4.90 Å². The zero-order chi connectivity index (χ0) is 18.7. The summed E-state index contributed by atoms with van der Waals surface area (Å²) in [6.07, 6.45) is -1.05. The molecule has 1 aromatic heterocycles. The average molecular weight is 366 g/mol. The molecule has 8 heteroatoms. The number of alkyl halides is 3. The molecular formula is C18H21F3N4O. The number of rotatable bonds is 4. The third-order valence-electron chi connectivity index (χ3n) is 4.50. The van der Waals surface area contributed by atoms with Crippen LogP contribution in [-0.4, -0.2) is 39.7 Å². The molecule has 1 aliphatic rings. The maximum atomic E-state index is 13.2. The Bertz CT molecular complexity index is 772. The second-order valence-corrected chi connectivity index (χ2v) is 6.58. The Morgan fingerprint density at radius 3 is 2.77 bits per heavy atom. The summed E-state index contributed by atoms with van der Waals surface area (Å²) < 4.78 is 41.0. The molecular weight excluding hydrogens is 345 g/mol. The molecule has 1 unspecified atom stereocenters. The van der Waals surface area contributed by atoms with Gasteiger partial charge in [0.1, 0.15) is 5.69 Å². The zero-order valence-electron chi connectivity index (χ0n) is 14.5. The number of hydrogen-bond donors (Lipinski definition) is 1. The fourth-order valence-corrected chi connectivity index (χ4v) is 3.29. The van der Waals surface area contributed by atoms with E-state index < -0.39 is 11.7 Å². The first-order chi connectivity index (χ1) is 12.3. The Morgan fingerprint density at radius 2 is 2.08 bits per heavy atom. The summed E-state index contributed by atoms with van der Waals surface area (Å²) in [5.41, 5.74) is 0.00314. The fourth-order valence-electron chi connectivity index (χ4n) is 3.29. The van der Waals surface area contributed by atoms with E-state index in [1.165, 1.54) is 12.1 Å². The van der Waals surface area contributed by atoms with Crippen LogP contribution in [0.3, 0.4) is 0 Å². The van der Waals surface area contributed by atoms with E-state index >= 15 is 0 Å². The fraction of sp³-hybridized carbons (Fsp3) is 0.444. The Balaban J connectivity index is 1.63. The minimum absolute atomic E-state index is 0.101. The van der Waals surface area contributed by atoms with Gasteiger partial charge in [-0.3, -0.25) is 14.4 Å². The van der Waals surface area contributed by atoms with Crippen LogP contribution in [0.15, 0.2) is 36.5 Å². The number of benzene rings is 1. The molecule has 2 heterocycles. The predicted octanol–water partition coefficient (Wildman–Crippen LogP) is 2.83. The zero-order valence-corrected chi connectivity index (χ0v) is 14.5. The minimum atomic E-state index is -4.36. The van der Waals surface area contributed by atoms with Gasteiger partial charge in [0.15, 0.2) is 0 Å². The molecule has 0 spiro atoms. The van der Waals surface area contributed by atoms with Gasteiger partial charge in [0, 0.05) is 32.4 Å². The molecule has 1 saturated heterocycles. The van der Waals surface area contributed by atoms with Gasteiger partial charge in [-0.05, 0) is 37.1 Å². The normalized spacial score (nSPS) is 18.7. The van der Waals surface area contributed by atoms with Crippen molar-refractivity contribution in [3.05, 3.63) is 53.3 Å². The number of halogens is 3. The second-order valence-electron chi connectivity index (χ2n) is 6.58. The van der Waals surface area contributed by atoms with Crippen molar-refractivity contribution in [2.45, 2.75) is 31.6 Å². The van der Waals surface area contributed by atoms with Crippen LogP contribution >= 0.6 is 0 Å². The first-order valence-corrected chi connectivity index (χ1v) is 8.51. The quantitative estimate of drug-likeness (QED) is 0.905. The maximum Gasteiger partial charge on any atom is 0.416 e. The number of aromatic nitrogens is 2. The predicted molar refractivity (Wildman–Crippen MR) is 90.4 cm³/mol. The van der Waals surface area contributed by atoms with Crippen LogP contribution in [0.2, 0.25) is 0 Å². The summed E-state index contributed by atoms with van der Waals surface area (Å²) in [6.45, 7) is 1.44. The first kappa shape index (κ1) is 18.4. The number of carbonyl (C=O) groups is 1. The summed E-state index contributed by atoms with van der Waals surface area (Å²) in [7, 11) is 1.73. The second kappa shape index (κ2) is 7.49. The highest BCUT2D eigenvalue weighted by Gasteiger charge is 2.33. The monoisotopic (exact) mass is 366 g/mol. The number of hydrogen-bond acceptors (Lipinski definition) is 3. The van der Waals surface area contributed by atoms with Gasteiger partial charge in [-0.2, -0.15) is 18.3 Å². The van der Waals surface area contributed by atoms with Crippen LogP contribution < -0.4 is 5.32 Å². The van der Waals surface area contributed by atoms with E-state index in [2.05, 4.69) is 10.4 Å². The van der Waals surface area contributed by atoms with Gasteiger partial charge in [0.25, 0.3) is 5.91 Å². The van der Waals surface area contributed by atoms with E-state index in [-0.39, 0.29) is 24.1 Å². The summed E-state index contributed by atoms with van der Waals surface area (Å²) >= 11 is 0. The maximum absolute atomic E-state index is 13.2. The SMILES string of the molecule is Cn1ccc(C(=O)NC2CCCN(Cc3ccccc3C(F)(F)F)C2)n1. The van der Waals surface area contributed by atoms with Gasteiger partial charge in [-0.15, -0.1) is 0 Å². The molecule has 1 aliphatic heterocycles. The Kier molecular flexibility index (Phi) is 5.31. The van der Waals surface area contributed by atoms with E-state index in [4.69, 9.17) is 0 Å². The third-order valence-corrected chi connectivity index (χ3v) is 4.50. The lowest BCUT2D eigenvalue weighted by Crippen LogP contribution is -2.47. The topological polar surface area (TPSA) is 50.2 Å². The highest BCUT2D eigenvalue weighted by Crippen LogP contribution is 2.32. The van der Waals surface area contributed by atoms with Crippen LogP contribution in [0.5, 0.6) is 0 Å². The molecule has 0 bridgehead atoms. The molecule has 2 aromatic rings. The third kappa shape index (κ3) is 4.43. The molecule has 140 valence electrons. The Hall–Kier alpha value is -2.35. The summed E-state index contributed by atoms with van der Waals surface area (Å²) in [5, 5.41) is 7.00. The van der Waals surface area contributed by atoms with Crippen LogP contribution in [0.25, 0.3) is 0 Å². The standard InChI is InChI=1S/C18H21F3N4O/c1-24-10-8-16(23-24)17(26)22-14-6-4-9-25(12-14)11-13-5-2-3-7-15(13)18(19,20)21/h2-3,5,7-8,10,14H,4,6,9,11-12H2,1H3,(H,22,26). The minimum Gasteiger partial charge on any atom is -0.347 e. The Labute approximate surface area is 149 Å². The van der Waals surface area contributed by atoms with Gasteiger partial charge in [0.2, 0.25) is 0 Å². The van der Waals surface area contributed by atoms with Crippen LogP contribution in [0.4, 0.5) is 13.2 Å². The van der Waals surface area contributed by atoms with Crippen molar-refractivity contribution in [3.8, 4) is 0 Å². The Morgan fingerprint density at radius 1 is 1.31 bits per heavy atom. The van der Waals surface area contributed by atoms with Crippen LogP contribution in [0.1, 0.15) is 34.5 Å². The van der Waals surface area contributed by atoms with Crippen molar-refractivity contribution in [2.24, 2.45) is 7.05 Å². The number of nitrogens with zero attached hydrogens (tertiary/aromatic N) is 3. The van der Waals surface area contributed by atoms with Crippen molar-refractivity contribution in [2.75, 3.05) is 13.1 Å². The number of nitrogens with one attached hydrogen (secondary N) is 1. The summed E-state index contributed by atoms with van der Waals surface area (Å²) in [4.78, 5) is 14.2. The highest BCUT2D eigenvalue weighted by atomic mass is 19.4. The van der Waals surface area contributed by atoms with Crippen molar-refractivity contribution in [1.29, 1.82) is 0 Å². The molecule has 5 nitrogen and oxygen atoms in total. The number of amides is 1. The van der Waals surface area contributed by atoms with E-state index in [1.54, 1.807) is 30.1 Å². The van der Waals surface area contributed by atoms with E-state index in [0.29, 0.717) is 18.8 Å². The molecule has 1 amide bonds. The molecule has 1 fully saturated rings. The van der Waals surface area contributed by atoms with Crippen LogP contribution in [0, 0.1) is 0 Å². The summed E-state index contributed by atoms with van der Waals surface area (Å²) in [6, 6.07) is 7.18. The van der Waals surface area contributed by atoms with E-state index in [0.717, 1.165) is 18.9 Å². The van der Waals surface area contributed by atoms with Gasteiger partial charge < -0.3 is 5.32 Å². The van der Waals surface area contributed by atoms with E-state index in [9.17, 15) is 18.0 Å². The lowest BCUT2D eigenvalue weighted by molar-refractivity contribution is -0.138. The molecule has 0 aliphatic carbocycles. The highest BCUT2D eigenvalue weighted by molar-refractivity contribution is 5.92. The smallest absolute Gasteiger partial charge is 0.347 e. The van der Waals surface area contributed by atoms with Gasteiger partial charge in [-0.25, -0.2) is 0 Å². The molecule has 1 N–H and O–H groups in total. The molecule has 3 rings (SSSR count). The number of piperidine rings is 1. The number of aryl methyl sites for hydroxylation is 1. The van der Waals surface area contributed by atoms with Crippen molar-refractivity contribution < 1.29 is 18.0 Å². The summed E-state index contributed by atoms with van der Waals surface area (Å²) in [5.74, 6) is -0.256. The molecule has 1 aromatic carbocycles. The number of carbonyl (C=O) groups excluding carboxylic acids is 1. The van der Waals surface area contributed by atoms with Crippen molar-refractivity contribution in [3.63, 3.8) is 0 Å². The van der Waals surface area contributed by atoms with Gasteiger partial charge in [0.05, 0.1) is 5.56 Å². The van der Waals surface area contributed by atoms with Gasteiger partial charge >= 0.3 is 6.18 Å². The first-order valence-electron chi connectivity index (χ1n) is 8.51. The molecule has 0 radical (unpaired) electrons. The van der Waals surface area contributed by atoms with Crippen LogP contribution in [-0.2, 0) is 19.8 Å². The average Bonchev–Trinajstić information content (AvgIpc) is 3.01. The lowest BCUT2D eigenvalue weighted by atomic mass is 10.0. The lowest BCUT2D eigenvalue weighted by Gasteiger charge is -2.33. The van der Waals surface area contributed by atoms with Gasteiger partial charge in [-0.1, -0.05) is 18.2 Å². The largest absolute Gasteiger partial charge is 0.416 e.